The van der Waals surface area contributed by atoms with Crippen LogP contribution in [0, 0.1) is 5.92 Å². The average Bonchev–Trinajstić information content (AvgIpc) is 3.04. The monoisotopic (exact) mass is 307 g/mol. The standard InChI is InChI=1S/C13H14BrN3O/c1-7(14)13(18)9-6-8(9)12-11-10(16-17(12)2)4-3-5-15-11/h3-5,7-9H,6H2,1-2H3. The highest BCUT2D eigenvalue weighted by molar-refractivity contribution is 9.10. The number of Topliss-reactive ketones (excluding diaryl/α,β-unsaturated/α-hetero) is 1. The van der Waals surface area contributed by atoms with Crippen LogP contribution in [0.2, 0.25) is 0 Å². The van der Waals surface area contributed by atoms with Crippen LogP contribution >= 0.6 is 15.9 Å². The first-order valence-corrected chi connectivity index (χ1v) is 6.96. The molecule has 3 unspecified atom stereocenters. The molecule has 4 nitrogen and oxygen atoms in total. The molecule has 3 rings (SSSR count). The molecule has 1 aliphatic rings. The number of hydrogen-bond donors (Lipinski definition) is 0. The van der Waals surface area contributed by atoms with Gasteiger partial charge in [0.05, 0.1) is 10.5 Å². The Labute approximate surface area is 114 Å². The highest BCUT2D eigenvalue weighted by Gasteiger charge is 2.47. The number of ketones is 1. The fraction of sp³-hybridized carbons (Fsp3) is 0.462. The summed E-state index contributed by atoms with van der Waals surface area (Å²) in [5.41, 5.74) is 2.93. The van der Waals surface area contributed by atoms with E-state index in [2.05, 4.69) is 26.0 Å². The molecule has 0 N–H and O–H groups in total. The minimum atomic E-state index is -0.0695. The Balaban J connectivity index is 1.97. The van der Waals surface area contributed by atoms with Crippen molar-refractivity contribution in [3.8, 4) is 0 Å². The number of carbonyl (C=O) groups excluding carboxylic acids is 1. The van der Waals surface area contributed by atoms with Crippen LogP contribution in [0.4, 0.5) is 0 Å². The van der Waals surface area contributed by atoms with Crippen molar-refractivity contribution in [3.63, 3.8) is 0 Å². The van der Waals surface area contributed by atoms with Gasteiger partial charge in [-0.25, -0.2) is 0 Å². The van der Waals surface area contributed by atoms with E-state index in [0.717, 1.165) is 23.1 Å². The van der Waals surface area contributed by atoms with Crippen LogP contribution in [0.5, 0.6) is 0 Å². The summed E-state index contributed by atoms with van der Waals surface area (Å²) >= 11 is 3.35. The third-order valence-corrected chi connectivity index (χ3v) is 3.99. The quantitative estimate of drug-likeness (QED) is 0.818. The molecule has 0 aromatic carbocycles. The van der Waals surface area contributed by atoms with Crippen LogP contribution in [0.1, 0.15) is 25.0 Å². The number of rotatable bonds is 3. The molecule has 0 bridgehead atoms. The highest BCUT2D eigenvalue weighted by Crippen LogP contribution is 2.50. The van der Waals surface area contributed by atoms with Gasteiger partial charge in [-0.3, -0.25) is 14.5 Å². The van der Waals surface area contributed by atoms with Gasteiger partial charge in [0.25, 0.3) is 0 Å². The Kier molecular flexibility index (Phi) is 2.73. The van der Waals surface area contributed by atoms with Gasteiger partial charge in [0.1, 0.15) is 16.8 Å². The third-order valence-electron chi connectivity index (χ3n) is 3.53. The van der Waals surface area contributed by atoms with Gasteiger partial charge in [0, 0.05) is 25.1 Å². The molecule has 0 saturated heterocycles. The van der Waals surface area contributed by atoms with Crippen LogP contribution in [0.25, 0.3) is 11.0 Å². The lowest BCUT2D eigenvalue weighted by atomic mass is 10.1. The number of aromatic nitrogens is 3. The molecule has 1 saturated carbocycles. The summed E-state index contributed by atoms with van der Waals surface area (Å²) in [5, 5.41) is 4.44. The van der Waals surface area contributed by atoms with E-state index in [-0.39, 0.29) is 22.4 Å². The van der Waals surface area contributed by atoms with Crippen molar-refractivity contribution in [2.45, 2.75) is 24.1 Å². The summed E-state index contributed by atoms with van der Waals surface area (Å²) in [5.74, 6) is 0.688. The smallest absolute Gasteiger partial charge is 0.149 e. The van der Waals surface area contributed by atoms with Crippen LogP contribution < -0.4 is 0 Å². The lowest BCUT2D eigenvalue weighted by Crippen LogP contribution is -2.13. The van der Waals surface area contributed by atoms with Crippen molar-refractivity contribution in [2.24, 2.45) is 13.0 Å². The number of nitrogens with zero attached hydrogens (tertiary/aromatic N) is 3. The predicted octanol–water partition coefficient (Wildman–Crippen LogP) is 2.42. The number of alkyl halides is 1. The molecule has 18 heavy (non-hydrogen) atoms. The summed E-state index contributed by atoms with van der Waals surface area (Å²) < 4.78 is 1.87. The van der Waals surface area contributed by atoms with E-state index in [1.54, 1.807) is 6.20 Å². The lowest BCUT2D eigenvalue weighted by Gasteiger charge is -2.03. The zero-order chi connectivity index (χ0) is 12.9. The first-order chi connectivity index (χ1) is 8.59. The van der Waals surface area contributed by atoms with Gasteiger partial charge in [-0.1, -0.05) is 15.9 Å². The Morgan fingerprint density at radius 1 is 1.61 bits per heavy atom. The van der Waals surface area contributed by atoms with Crippen molar-refractivity contribution < 1.29 is 4.79 Å². The normalized spacial score (nSPS) is 24.2. The van der Waals surface area contributed by atoms with Crippen molar-refractivity contribution in [3.05, 3.63) is 24.0 Å². The molecule has 0 spiro atoms. The molecule has 0 amide bonds. The second kappa shape index (κ2) is 4.16. The van der Waals surface area contributed by atoms with Gasteiger partial charge >= 0.3 is 0 Å². The number of carbonyl (C=O) groups is 1. The first-order valence-electron chi connectivity index (χ1n) is 6.05. The topological polar surface area (TPSA) is 47.8 Å². The second-order valence-electron chi connectivity index (χ2n) is 4.85. The molecule has 0 radical (unpaired) electrons. The molecule has 1 aliphatic carbocycles. The maximum atomic E-state index is 12.0. The van der Waals surface area contributed by atoms with Gasteiger partial charge in [-0.15, -0.1) is 0 Å². The lowest BCUT2D eigenvalue weighted by molar-refractivity contribution is -0.119. The summed E-state index contributed by atoms with van der Waals surface area (Å²) in [6, 6.07) is 3.84. The number of fused-ring (bicyclic) bond motifs is 1. The second-order valence-corrected chi connectivity index (χ2v) is 6.22. The first kappa shape index (κ1) is 11.8. The highest BCUT2D eigenvalue weighted by atomic mass is 79.9. The Bertz CT molecular complexity index is 620. The largest absolute Gasteiger partial charge is 0.298 e. The fourth-order valence-corrected chi connectivity index (χ4v) is 2.91. The maximum absolute atomic E-state index is 12.0. The Morgan fingerprint density at radius 2 is 2.39 bits per heavy atom. The van der Waals surface area contributed by atoms with Crippen LogP contribution in [0.3, 0.4) is 0 Å². The molecule has 0 aliphatic heterocycles. The molecular weight excluding hydrogens is 294 g/mol. The van der Waals surface area contributed by atoms with Crippen molar-refractivity contribution in [1.29, 1.82) is 0 Å². The van der Waals surface area contributed by atoms with Gasteiger partial charge < -0.3 is 0 Å². The molecule has 1 fully saturated rings. The zero-order valence-electron chi connectivity index (χ0n) is 10.3. The summed E-state index contributed by atoms with van der Waals surface area (Å²) in [7, 11) is 1.93. The van der Waals surface area contributed by atoms with E-state index in [4.69, 9.17) is 0 Å². The van der Waals surface area contributed by atoms with Crippen molar-refractivity contribution in [1.82, 2.24) is 14.8 Å². The van der Waals surface area contributed by atoms with Crippen LogP contribution in [-0.2, 0) is 11.8 Å². The van der Waals surface area contributed by atoms with Crippen molar-refractivity contribution >= 4 is 32.7 Å². The van der Waals surface area contributed by atoms with Gasteiger partial charge in [-0.2, -0.15) is 5.10 Å². The predicted molar refractivity (Wildman–Crippen MR) is 72.8 cm³/mol. The fourth-order valence-electron chi connectivity index (χ4n) is 2.57. The molecule has 5 heteroatoms. The van der Waals surface area contributed by atoms with E-state index >= 15 is 0 Å². The van der Waals surface area contributed by atoms with E-state index in [1.165, 1.54) is 0 Å². The minimum Gasteiger partial charge on any atom is -0.298 e. The number of pyridine rings is 1. The number of hydrogen-bond acceptors (Lipinski definition) is 3. The van der Waals surface area contributed by atoms with Crippen LogP contribution in [-0.4, -0.2) is 25.4 Å². The molecular formula is C13H14BrN3O. The molecule has 2 aromatic heterocycles. The van der Waals surface area contributed by atoms with E-state index in [1.807, 2.05) is 30.8 Å². The van der Waals surface area contributed by atoms with Crippen LogP contribution in [0.15, 0.2) is 18.3 Å². The van der Waals surface area contributed by atoms with Gasteiger partial charge in [-0.05, 0) is 25.5 Å². The molecule has 2 aromatic rings. The molecule has 2 heterocycles. The third kappa shape index (κ3) is 1.77. The summed E-state index contributed by atoms with van der Waals surface area (Å²) in [6.07, 6.45) is 2.69. The summed E-state index contributed by atoms with van der Waals surface area (Å²) in [4.78, 5) is 16.3. The minimum absolute atomic E-state index is 0.0695. The summed E-state index contributed by atoms with van der Waals surface area (Å²) in [6.45, 7) is 1.89. The Morgan fingerprint density at radius 3 is 3.11 bits per heavy atom. The van der Waals surface area contributed by atoms with E-state index in [9.17, 15) is 4.79 Å². The van der Waals surface area contributed by atoms with Gasteiger partial charge in [0.2, 0.25) is 0 Å². The van der Waals surface area contributed by atoms with E-state index in [0.29, 0.717) is 0 Å². The Hall–Kier alpha value is -1.23. The van der Waals surface area contributed by atoms with Crippen molar-refractivity contribution in [2.75, 3.05) is 0 Å². The SMILES string of the molecule is CC(Br)C(=O)C1CC1c1c2ncccc2nn1C. The average molecular weight is 308 g/mol. The number of halogens is 1. The molecule has 94 valence electrons. The maximum Gasteiger partial charge on any atom is 0.149 e. The zero-order valence-corrected chi connectivity index (χ0v) is 11.9. The van der Waals surface area contributed by atoms with E-state index < -0.39 is 0 Å². The number of aryl methyl sites for hydroxylation is 1. The van der Waals surface area contributed by atoms with Gasteiger partial charge in [0.15, 0.2) is 0 Å². The molecule has 3 atom stereocenters.